The van der Waals surface area contributed by atoms with E-state index in [1.54, 1.807) is 51.8 Å². The Bertz CT molecular complexity index is 899. The summed E-state index contributed by atoms with van der Waals surface area (Å²) < 4.78 is 35.2. The van der Waals surface area contributed by atoms with Gasteiger partial charge in [-0.2, -0.15) is 5.10 Å². The van der Waals surface area contributed by atoms with Crippen molar-refractivity contribution >= 4 is 0 Å². The van der Waals surface area contributed by atoms with Crippen LogP contribution in [0.25, 0.3) is 22.4 Å². The van der Waals surface area contributed by atoms with Crippen LogP contribution in [-0.4, -0.2) is 38.6 Å². The van der Waals surface area contributed by atoms with Gasteiger partial charge in [-0.25, -0.2) is 4.39 Å². The van der Waals surface area contributed by atoms with Crippen LogP contribution in [-0.2, 0) is 0 Å². The Balaban J connectivity index is 2.13. The van der Waals surface area contributed by atoms with Gasteiger partial charge in [-0.05, 0) is 29.8 Å². The van der Waals surface area contributed by atoms with Crippen molar-refractivity contribution in [1.29, 1.82) is 0 Å². The van der Waals surface area contributed by atoms with Crippen LogP contribution in [0.2, 0.25) is 0 Å². The molecule has 7 heteroatoms. The lowest BCUT2D eigenvalue weighted by molar-refractivity contribution is 0.324. The van der Waals surface area contributed by atoms with E-state index in [1.165, 1.54) is 13.2 Å². The molecule has 0 fully saturated rings. The van der Waals surface area contributed by atoms with E-state index in [4.69, 9.17) is 18.9 Å². The Kier molecular flexibility index (Phi) is 4.97. The minimum atomic E-state index is -0.443. The zero-order valence-electron chi connectivity index (χ0n) is 14.9. The van der Waals surface area contributed by atoms with Crippen LogP contribution in [0, 0.1) is 5.82 Å². The SMILES string of the molecule is COc1ccc(-c2cn[nH]c2-c2cc(OC)c(OC)c(OC)c2)cc1F. The normalized spacial score (nSPS) is 10.5. The first-order valence-corrected chi connectivity index (χ1v) is 7.80. The predicted octanol–water partition coefficient (Wildman–Crippen LogP) is 3.92. The number of H-pyrrole nitrogens is 1. The van der Waals surface area contributed by atoms with Crippen LogP contribution >= 0.6 is 0 Å². The average Bonchev–Trinajstić information content (AvgIpc) is 3.16. The molecular weight excluding hydrogens is 339 g/mol. The summed E-state index contributed by atoms with van der Waals surface area (Å²) in [4.78, 5) is 0. The molecule has 0 aliphatic carbocycles. The molecule has 3 rings (SSSR count). The molecule has 0 spiro atoms. The van der Waals surface area contributed by atoms with Crippen LogP contribution in [0.15, 0.2) is 36.5 Å². The number of methoxy groups -OCH3 is 4. The van der Waals surface area contributed by atoms with E-state index in [1.807, 2.05) is 0 Å². The molecule has 0 saturated carbocycles. The second kappa shape index (κ2) is 7.35. The van der Waals surface area contributed by atoms with Gasteiger partial charge in [0.05, 0.1) is 40.3 Å². The van der Waals surface area contributed by atoms with Gasteiger partial charge in [0.1, 0.15) is 0 Å². The minimum absolute atomic E-state index is 0.187. The number of aromatic nitrogens is 2. The van der Waals surface area contributed by atoms with Crippen molar-refractivity contribution in [2.24, 2.45) is 0 Å². The van der Waals surface area contributed by atoms with Crippen LogP contribution in [0.3, 0.4) is 0 Å². The van der Waals surface area contributed by atoms with Gasteiger partial charge in [-0.1, -0.05) is 6.07 Å². The number of nitrogens with zero attached hydrogens (tertiary/aromatic N) is 1. The fraction of sp³-hybridized carbons (Fsp3) is 0.211. The fourth-order valence-electron chi connectivity index (χ4n) is 2.78. The Hall–Kier alpha value is -3.22. The van der Waals surface area contributed by atoms with E-state index in [-0.39, 0.29) is 5.75 Å². The highest BCUT2D eigenvalue weighted by Gasteiger charge is 2.18. The summed E-state index contributed by atoms with van der Waals surface area (Å²) in [5, 5.41) is 7.06. The minimum Gasteiger partial charge on any atom is -0.494 e. The second-order valence-electron chi connectivity index (χ2n) is 5.42. The Labute approximate surface area is 150 Å². The first-order valence-electron chi connectivity index (χ1n) is 7.80. The van der Waals surface area contributed by atoms with Gasteiger partial charge >= 0.3 is 0 Å². The third-order valence-corrected chi connectivity index (χ3v) is 4.06. The van der Waals surface area contributed by atoms with Crippen LogP contribution in [0.1, 0.15) is 0 Å². The van der Waals surface area contributed by atoms with E-state index in [2.05, 4.69) is 10.2 Å². The molecule has 0 saturated heterocycles. The standard InChI is InChI=1S/C19H19FN2O4/c1-23-15-6-5-11(7-14(15)20)13-10-21-22-18(13)12-8-16(24-2)19(26-4)17(9-12)25-3/h5-10H,1-4H3,(H,21,22). The molecule has 0 bridgehead atoms. The topological polar surface area (TPSA) is 65.6 Å². The zero-order chi connectivity index (χ0) is 18.7. The van der Waals surface area contributed by atoms with Gasteiger partial charge in [-0.3, -0.25) is 5.10 Å². The van der Waals surface area contributed by atoms with Crippen LogP contribution in [0.5, 0.6) is 23.0 Å². The number of ether oxygens (including phenoxy) is 4. The lowest BCUT2D eigenvalue weighted by Gasteiger charge is -2.14. The van der Waals surface area contributed by atoms with Gasteiger partial charge in [0.2, 0.25) is 5.75 Å². The predicted molar refractivity (Wildman–Crippen MR) is 95.6 cm³/mol. The van der Waals surface area contributed by atoms with Crippen LogP contribution < -0.4 is 18.9 Å². The summed E-state index contributed by atoms with van der Waals surface area (Å²) in [6.45, 7) is 0. The molecule has 6 nitrogen and oxygen atoms in total. The van der Waals surface area contributed by atoms with E-state index >= 15 is 0 Å². The fourth-order valence-corrected chi connectivity index (χ4v) is 2.78. The number of hydrogen-bond acceptors (Lipinski definition) is 5. The van der Waals surface area contributed by atoms with Gasteiger partial charge < -0.3 is 18.9 Å². The number of rotatable bonds is 6. The molecule has 0 amide bonds. The highest BCUT2D eigenvalue weighted by Crippen LogP contribution is 2.42. The molecule has 0 unspecified atom stereocenters. The number of halogens is 1. The Morgan fingerprint density at radius 2 is 1.46 bits per heavy atom. The number of aromatic amines is 1. The summed E-state index contributed by atoms with van der Waals surface area (Å²) >= 11 is 0. The first-order chi connectivity index (χ1) is 12.6. The van der Waals surface area contributed by atoms with Crippen molar-refractivity contribution in [2.75, 3.05) is 28.4 Å². The lowest BCUT2D eigenvalue weighted by Crippen LogP contribution is -1.96. The number of benzene rings is 2. The molecule has 1 aromatic heterocycles. The quantitative estimate of drug-likeness (QED) is 0.724. The Morgan fingerprint density at radius 1 is 0.808 bits per heavy atom. The highest BCUT2D eigenvalue weighted by molar-refractivity contribution is 5.82. The zero-order valence-corrected chi connectivity index (χ0v) is 14.9. The maximum atomic E-state index is 14.1. The third kappa shape index (κ3) is 3.03. The summed E-state index contributed by atoms with van der Waals surface area (Å²) in [6, 6.07) is 8.37. The summed E-state index contributed by atoms with van der Waals surface area (Å²) in [5.74, 6) is 1.27. The van der Waals surface area contributed by atoms with Crippen molar-refractivity contribution in [2.45, 2.75) is 0 Å². The summed E-state index contributed by atoms with van der Waals surface area (Å²) in [7, 11) is 6.07. The molecule has 3 aromatic rings. The molecule has 1 N–H and O–H groups in total. The summed E-state index contributed by atoms with van der Waals surface area (Å²) in [6.07, 6.45) is 1.64. The van der Waals surface area contributed by atoms with Gasteiger partial charge in [0.25, 0.3) is 0 Å². The average molecular weight is 358 g/mol. The molecule has 1 heterocycles. The molecule has 0 aliphatic rings. The molecular formula is C19H19FN2O4. The highest BCUT2D eigenvalue weighted by atomic mass is 19.1. The van der Waals surface area contributed by atoms with Crippen molar-refractivity contribution in [1.82, 2.24) is 10.2 Å². The second-order valence-corrected chi connectivity index (χ2v) is 5.42. The smallest absolute Gasteiger partial charge is 0.203 e. The van der Waals surface area contributed by atoms with Crippen LogP contribution in [0.4, 0.5) is 4.39 Å². The number of hydrogen-bond donors (Lipinski definition) is 1. The summed E-state index contributed by atoms with van der Waals surface area (Å²) in [5.41, 5.74) is 2.87. The van der Waals surface area contributed by atoms with Crippen molar-refractivity contribution < 1.29 is 23.3 Å². The van der Waals surface area contributed by atoms with Gasteiger partial charge in [0, 0.05) is 11.1 Å². The first kappa shape index (κ1) is 17.6. The van der Waals surface area contributed by atoms with Gasteiger partial charge in [0.15, 0.2) is 23.1 Å². The maximum Gasteiger partial charge on any atom is 0.203 e. The van der Waals surface area contributed by atoms with Gasteiger partial charge in [-0.15, -0.1) is 0 Å². The molecule has 136 valence electrons. The van der Waals surface area contributed by atoms with E-state index < -0.39 is 5.82 Å². The maximum absolute atomic E-state index is 14.1. The van der Waals surface area contributed by atoms with E-state index in [0.717, 1.165) is 11.1 Å². The van der Waals surface area contributed by atoms with E-state index in [9.17, 15) is 4.39 Å². The third-order valence-electron chi connectivity index (χ3n) is 4.06. The molecule has 2 aromatic carbocycles. The monoisotopic (exact) mass is 358 g/mol. The lowest BCUT2D eigenvalue weighted by atomic mass is 10.0. The van der Waals surface area contributed by atoms with Crippen molar-refractivity contribution in [3.8, 4) is 45.4 Å². The van der Waals surface area contributed by atoms with Crippen molar-refractivity contribution in [3.05, 3.63) is 42.3 Å². The van der Waals surface area contributed by atoms with Crippen molar-refractivity contribution in [3.63, 3.8) is 0 Å². The number of nitrogens with one attached hydrogen (secondary N) is 1. The molecule has 26 heavy (non-hydrogen) atoms. The largest absolute Gasteiger partial charge is 0.494 e. The molecule has 0 radical (unpaired) electrons. The molecule has 0 aliphatic heterocycles. The Morgan fingerprint density at radius 3 is 2.00 bits per heavy atom. The van der Waals surface area contributed by atoms with E-state index in [0.29, 0.717) is 28.5 Å². The molecule has 0 atom stereocenters.